The minimum Gasteiger partial charge on any atom is -0.491 e. The van der Waals surface area contributed by atoms with E-state index in [1.165, 1.54) is 0 Å². The molecule has 0 saturated heterocycles. The highest BCUT2D eigenvalue weighted by atomic mass is 16.5. The van der Waals surface area contributed by atoms with E-state index in [-0.39, 0.29) is 37.1 Å². The summed E-state index contributed by atoms with van der Waals surface area (Å²) < 4.78 is 11.1. The molecule has 2 N–H and O–H groups in total. The fourth-order valence-corrected chi connectivity index (χ4v) is 3.17. The maximum Gasteiger partial charge on any atom is 0.306 e. The molecule has 0 fully saturated rings. The van der Waals surface area contributed by atoms with Crippen LogP contribution in [-0.2, 0) is 9.53 Å². The number of rotatable bonds is 7. The molecule has 4 unspecified atom stereocenters. The van der Waals surface area contributed by atoms with Crippen molar-refractivity contribution in [2.24, 2.45) is 11.8 Å². The molecule has 1 aliphatic rings. The Morgan fingerprint density at radius 3 is 2.78 bits per heavy atom. The van der Waals surface area contributed by atoms with Crippen LogP contribution in [0.4, 0.5) is 0 Å². The lowest BCUT2D eigenvalue weighted by atomic mass is 9.84. The molecule has 5 heteroatoms. The SMILES string of the molecule is CC1OC(=O)CCCC=CCC1C(C=CC(O)COc1ccccc1)CO. The summed E-state index contributed by atoms with van der Waals surface area (Å²) in [7, 11) is 0. The normalized spacial score (nSPS) is 23.6. The molecule has 1 heterocycles. The van der Waals surface area contributed by atoms with Crippen molar-refractivity contribution in [3.63, 3.8) is 0 Å². The summed E-state index contributed by atoms with van der Waals surface area (Å²) in [5, 5.41) is 20.0. The second-order valence-corrected chi connectivity index (χ2v) is 6.88. The minimum absolute atomic E-state index is 0.0493. The van der Waals surface area contributed by atoms with E-state index in [1.807, 2.05) is 37.3 Å². The predicted molar refractivity (Wildman–Crippen MR) is 104 cm³/mol. The smallest absolute Gasteiger partial charge is 0.306 e. The first-order valence-electron chi connectivity index (χ1n) is 9.59. The maximum absolute atomic E-state index is 11.9. The Bertz CT molecular complexity index is 610. The minimum atomic E-state index is -0.785. The summed E-state index contributed by atoms with van der Waals surface area (Å²) >= 11 is 0. The molecule has 148 valence electrons. The van der Waals surface area contributed by atoms with Gasteiger partial charge in [0.1, 0.15) is 24.6 Å². The van der Waals surface area contributed by atoms with Crippen LogP contribution >= 0.6 is 0 Å². The summed E-state index contributed by atoms with van der Waals surface area (Å²) in [6.07, 6.45) is 9.29. The zero-order chi connectivity index (χ0) is 19.5. The number of para-hydroxylation sites is 1. The van der Waals surface area contributed by atoms with Crippen molar-refractivity contribution in [1.29, 1.82) is 0 Å². The van der Waals surface area contributed by atoms with Gasteiger partial charge in [-0.1, -0.05) is 42.5 Å². The van der Waals surface area contributed by atoms with E-state index in [0.717, 1.165) is 12.8 Å². The van der Waals surface area contributed by atoms with Gasteiger partial charge in [0.25, 0.3) is 0 Å². The van der Waals surface area contributed by atoms with Gasteiger partial charge in [-0.2, -0.15) is 0 Å². The lowest BCUT2D eigenvalue weighted by molar-refractivity contribution is -0.152. The van der Waals surface area contributed by atoms with Gasteiger partial charge in [-0.15, -0.1) is 0 Å². The molecular formula is C22H30O5. The van der Waals surface area contributed by atoms with Crippen molar-refractivity contribution in [3.8, 4) is 5.75 Å². The predicted octanol–water partition coefficient (Wildman–Crippen LogP) is 3.27. The third kappa shape index (κ3) is 7.57. The van der Waals surface area contributed by atoms with E-state index in [0.29, 0.717) is 18.6 Å². The number of benzene rings is 1. The molecule has 1 aliphatic heterocycles. The van der Waals surface area contributed by atoms with Crippen LogP contribution in [-0.4, -0.2) is 41.6 Å². The second kappa shape index (κ2) is 11.6. The summed E-state index contributed by atoms with van der Waals surface area (Å²) in [5.41, 5.74) is 0. The molecule has 27 heavy (non-hydrogen) atoms. The molecule has 1 aromatic carbocycles. The highest BCUT2D eigenvalue weighted by Crippen LogP contribution is 2.26. The molecule has 2 rings (SSSR count). The molecule has 4 atom stereocenters. The first-order chi connectivity index (χ1) is 13.1. The van der Waals surface area contributed by atoms with Gasteiger partial charge in [-0.3, -0.25) is 4.79 Å². The maximum atomic E-state index is 11.9. The molecule has 0 aliphatic carbocycles. The van der Waals surface area contributed by atoms with Crippen molar-refractivity contribution in [2.75, 3.05) is 13.2 Å². The number of ether oxygens (including phenoxy) is 2. The highest BCUT2D eigenvalue weighted by Gasteiger charge is 2.27. The van der Waals surface area contributed by atoms with Crippen LogP contribution < -0.4 is 4.74 Å². The number of esters is 1. The fourth-order valence-electron chi connectivity index (χ4n) is 3.17. The molecule has 0 bridgehead atoms. The van der Waals surface area contributed by atoms with Gasteiger partial charge < -0.3 is 19.7 Å². The standard InChI is InChI=1S/C22H30O5/c1-17-21(11-7-2-3-8-12-22(25)27-17)18(15-23)13-14-19(24)16-26-20-9-5-4-6-10-20/h2,4-7,9-10,13-14,17-19,21,23-24H,3,8,11-12,15-16H2,1H3. The number of hydrogen-bond donors (Lipinski definition) is 2. The molecular weight excluding hydrogens is 344 g/mol. The molecule has 0 aromatic heterocycles. The molecule has 0 spiro atoms. The van der Waals surface area contributed by atoms with Gasteiger partial charge in [0.05, 0.1) is 0 Å². The molecule has 0 saturated carbocycles. The Kier molecular flexibility index (Phi) is 9.08. The Hall–Kier alpha value is -2.11. The van der Waals surface area contributed by atoms with Crippen LogP contribution in [0.5, 0.6) is 5.75 Å². The largest absolute Gasteiger partial charge is 0.491 e. The summed E-state index contributed by atoms with van der Waals surface area (Å²) in [6, 6.07) is 9.30. The van der Waals surface area contributed by atoms with Crippen LogP contribution in [0.3, 0.4) is 0 Å². The number of aliphatic hydroxyl groups is 2. The van der Waals surface area contributed by atoms with Crippen molar-refractivity contribution in [3.05, 3.63) is 54.6 Å². The van der Waals surface area contributed by atoms with Crippen LogP contribution in [0.15, 0.2) is 54.6 Å². The fraction of sp³-hybridized carbons (Fsp3) is 0.500. The first kappa shape index (κ1) is 21.2. The van der Waals surface area contributed by atoms with E-state index in [2.05, 4.69) is 12.2 Å². The van der Waals surface area contributed by atoms with Crippen LogP contribution in [0.25, 0.3) is 0 Å². The van der Waals surface area contributed by atoms with Crippen molar-refractivity contribution in [2.45, 2.75) is 44.8 Å². The number of allylic oxidation sites excluding steroid dienone is 2. The molecule has 5 nitrogen and oxygen atoms in total. The van der Waals surface area contributed by atoms with E-state index >= 15 is 0 Å². The quantitative estimate of drug-likeness (QED) is 0.566. The summed E-state index contributed by atoms with van der Waals surface area (Å²) in [6.45, 7) is 1.92. The lowest BCUT2D eigenvalue weighted by Gasteiger charge is -2.29. The van der Waals surface area contributed by atoms with Crippen LogP contribution in [0.2, 0.25) is 0 Å². The summed E-state index contributed by atoms with van der Waals surface area (Å²) in [5.74, 6) is 0.233. The number of carbonyl (C=O) groups is 1. The van der Waals surface area contributed by atoms with Crippen molar-refractivity contribution < 1.29 is 24.5 Å². The van der Waals surface area contributed by atoms with Gasteiger partial charge in [-0.25, -0.2) is 0 Å². The topological polar surface area (TPSA) is 76.0 Å². The van der Waals surface area contributed by atoms with E-state index in [9.17, 15) is 15.0 Å². The van der Waals surface area contributed by atoms with Gasteiger partial charge in [0.2, 0.25) is 0 Å². The van der Waals surface area contributed by atoms with Gasteiger partial charge in [-0.05, 0) is 38.3 Å². The van der Waals surface area contributed by atoms with Crippen LogP contribution in [0, 0.1) is 11.8 Å². The van der Waals surface area contributed by atoms with Gasteiger partial charge in [0, 0.05) is 24.9 Å². The van der Waals surface area contributed by atoms with E-state index in [4.69, 9.17) is 9.47 Å². The third-order valence-corrected chi connectivity index (χ3v) is 4.75. The van der Waals surface area contributed by atoms with Gasteiger partial charge in [0.15, 0.2) is 0 Å². The Morgan fingerprint density at radius 1 is 1.26 bits per heavy atom. The molecule has 1 aromatic rings. The lowest BCUT2D eigenvalue weighted by Crippen LogP contribution is -2.31. The second-order valence-electron chi connectivity index (χ2n) is 6.88. The van der Waals surface area contributed by atoms with E-state index in [1.54, 1.807) is 12.2 Å². The Balaban J connectivity index is 1.96. The van der Waals surface area contributed by atoms with Gasteiger partial charge >= 0.3 is 5.97 Å². The molecule has 0 amide bonds. The monoisotopic (exact) mass is 374 g/mol. The van der Waals surface area contributed by atoms with Crippen molar-refractivity contribution in [1.82, 2.24) is 0 Å². The van der Waals surface area contributed by atoms with Crippen molar-refractivity contribution >= 4 is 5.97 Å². The van der Waals surface area contributed by atoms with Crippen LogP contribution in [0.1, 0.15) is 32.6 Å². The average molecular weight is 374 g/mol. The highest BCUT2D eigenvalue weighted by molar-refractivity contribution is 5.69. The zero-order valence-electron chi connectivity index (χ0n) is 15.9. The number of carbonyl (C=O) groups excluding carboxylic acids is 1. The first-order valence-corrected chi connectivity index (χ1v) is 9.59. The summed E-state index contributed by atoms with van der Waals surface area (Å²) in [4.78, 5) is 11.9. The Morgan fingerprint density at radius 2 is 2.04 bits per heavy atom. The average Bonchev–Trinajstić information content (AvgIpc) is 2.68. The number of cyclic esters (lactones) is 1. The van der Waals surface area contributed by atoms with E-state index < -0.39 is 6.10 Å². The zero-order valence-corrected chi connectivity index (χ0v) is 15.9. The molecule has 0 radical (unpaired) electrons. The number of aliphatic hydroxyl groups excluding tert-OH is 2. The Labute approximate surface area is 161 Å². The number of hydrogen-bond acceptors (Lipinski definition) is 5. The third-order valence-electron chi connectivity index (χ3n) is 4.75.